The smallest absolute Gasteiger partial charge is 0.257 e. The van der Waals surface area contributed by atoms with Crippen LogP contribution < -0.4 is 11.1 Å². The molecule has 1 heterocycles. The van der Waals surface area contributed by atoms with E-state index in [1.54, 1.807) is 12.1 Å². The van der Waals surface area contributed by atoms with Crippen molar-refractivity contribution >= 4 is 27.4 Å². The molecule has 0 spiro atoms. The van der Waals surface area contributed by atoms with E-state index in [0.717, 1.165) is 5.69 Å². The van der Waals surface area contributed by atoms with Crippen LogP contribution in [-0.2, 0) is 0 Å². The van der Waals surface area contributed by atoms with Crippen LogP contribution in [-0.4, -0.2) is 10.9 Å². The lowest BCUT2D eigenvalue weighted by atomic mass is 10.1. The summed E-state index contributed by atoms with van der Waals surface area (Å²) in [7, 11) is 0. The summed E-state index contributed by atoms with van der Waals surface area (Å²) in [6.45, 7) is 4.04. The van der Waals surface area contributed by atoms with Crippen molar-refractivity contribution in [3.8, 4) is 0 Å². The van der Waals surface area contributed by atoms with Crippen LogP contribution in [0.3, 0.4) is 0 Å². The van der Waals surface area contributed by atoms with Crippen LogP contribution in [0.15, 0.2) is 30.3 Å². The summed E-state index contributed by atoms with van der Waals surface area (Å²) in [5.41, 5.74) is 7.31. The molecule has 18 heavy (non-hydrogen) atoms. The molecular weight excluding hydrogens is 246 g/mol. The van der Waals surface area contributed by atoms with Crippen molar-refractivity contribution < 1.29 is 4.79 Å². The molecule has 94 valence electrons. The number of carbonyl (C=O) groups is 1. The highest BCUT2D eigenvalue weighted by atomic mass is 32.1. The SMILES string of the molecule is CC(C)c1nc(NC(=O)c2ccccc2)sc1N. The average molecular weight is 261 g/mol. The molecule has 1 aromatic heterocycles. The van der Waals surface area contributed by atoms with Crippen molar-refractivity contribution in [3.05, 3.63) is 41.6 Å². The van der Waals surface area contributed by atoms with Crippen LogP contribution in [0, 0.1) is 0 Å². The molecule has 1 aromatic carbocycles. The predicted molar refractivity (Wildman–Crippen MR) is 75.0 cm³/mol. The number of nitrogens with two attached hydrogens (primary N) is 1. The van der Waals surface area contributed by atoms with Crippen molar-refractivity contribution in [2.45, 2.75) is 19.8 Å². The molecule has 1 amide bonds. The first-order valence-electron chi connectivity index (χ1n) is 5.70. The zero-order valence-corrected chi connectivity index (χ0v) is 11.1. The van der Waals surface area contributed by atoms with Gasteiger partial charge in [0.2, 0.25) is 0 Å². The van der Waals surface area contributed by atoms with Gasteiger partial charge in [-0.05, 0) is 18.1 Å². The van der Waals surface area contributed by atoms with E-state index in [1.807, 2.05) is 32.0 Å². The normalized spacial score (nSPS) is 10.6. The summed E-state index contributed by atoms with van der Waals surface area (Å²) in [6, 6.07) is 9.04. The zero-order chi connectivity index (χ0) is 13.1. The Balaban J connectivity index is 2.15. The number of nitrogens with one attached hydrogen (secondary N) is 1. The van der Waals surface area contributed by atoms with Crippen molar-refractivity contribution in [3.63, 3.8) is 0 Å². The van der Waals surface area contributed by atoms with Crippen molar-refractivity contribution in [1.82, 2.24) is 4.98 Å². The first-order chi connectivity index (χ1) is 8.58. The zero-order valence-electron chi connectivity index (χ0n) is 10.3. The van der Waals surface area contributed by atoms with E-state index in [2.05, 4.69) is 10.3 Å². The Bertz CT molecular complexity index is 549. The minimum atomic E-state index is -0.167. The van der Waals surface area contributed by atoms with E-state index >= 15 is 0 Å². The Morgan fingerprint density at radius 1 is 1.33 bits per heavy atom. The Hall–Kier alpha value is -1.88. The molecule has 3 N–H and O–H groups in total. The highest BCUT2D eigenvalue weighted by Crippen LogP contribution is 2.30. The monoisotopic (exact) mass is 261 g/mol. The fourth-order valence-corrected chi connectivity index (χ4v) is 2.45. The van der Waals surface area contributed by atoms with Gasteiger partial charge in [-0.25, -0.2) is 4.98 Å². The summed E-state index contributed by atoms with van der Waals surface area (Å²) in [5, 5.41) is 3.97. The number of anilines is 2. The molecule has 0 aliphatic heterocycles. The minimum Gasteiger partial charge on any atom is -0.389 e. The molecule has 0 radical (unpaired) electrons. The number of aromatic nitrogens is 1. The second kappa shape index (κ2) is 5.18. The Morgan fingerprint density at radius 3 is 2.56 bits per heavy atom. The number of benzene rings is 1. The van der Waals surface area contributed by atoms with E-state index in [-0.39, 0.29) is 11.8 Å². The third-order valence-corrected chi connectivity index (χ3v) is 3.30. The largest absolute Gasteiger partial charge is 0.389 e. The minimum absolute atomic E-state index is 0.167. The quantitative estimate of drug-likeness (QED) is 0.892. The Morgan fingerprint density at radius 2 is 2.00 bits per heavy atom. The maximum Gasteiger partial charge on any atom is 0.257 e. The summed E-state index contributed by atoms with van der Waals surface area (Å²) < 4.78 is 0. The van der Waals surface area contributed by atoms with Crippen LogP contribution in [0.25, 0.3) is 0 Å². The second-order valence-electron chi connectivity index (χ2n) is 4.24. The van der Waals surface area contributed by atoms with Gasteiger partial charge in [0.15, 0.2) is 5.13 Å². The van der Waals surface area contributed by atoms with E-state index in [9.17, 15) is 4.79 Å². The number of carbonyl (C=O) groups excluding carboxylic acids is 1. The average Bonchev–Trinajstić information content (AvgIpc) is 2.71. The molecule has 0 aliphatic rings. The summed E-state index contributed by atoms with van der Waals surface area (Å²) >= 11 is 1.30. The molecule has 5 heteroatoms. The van der Waals surface area contributed by atoms with Crippen LogP contribution in [0.4, 0.5) is 10.1 Å². The molecule has 0 aliphatic carbocycles. The van der Waals surface area contributed by atoms with Gasteiger partial charge in [0.25, 0.3) is 5.91 Å². The maximum atomic E-state index is 11.9. The van der Waals surface area contributed by atoms with Gasteiger partial charge in [0.1, 0.15) is 5.00 Å². The molecule has 0 atom stereocenters. The number of nitrogens with zero attached hydrogens (tertiary/aromatic N) is 1. The van der Waals surface area contributed by atoms with Gasteiger partial charge in [-0.1, -0.05) is 43.4 Å². The summed E-state index contributed by atoms with van der Waals surface area (Å²) in [5.74, 6) is 0.0864. The number of amides is 1. The summed E-state index contributed by atoms with van der Waals surface area (Å²) in [6.07, 6.45) is 0. The van der Waals surface area contributed by atoms with Gasteiger partial charge in [-0.2, -0.15) is 0 Å². The molecule has 0 fully saturated rings. The third-order valence-electron chi connectivity index (χ3n) is 2.48. The number of rotatable bonds is 3. The van der Waals surface area contributed by atoms with Crippen molar-refractivity contribution in [2.24, 2.45) is 0 Å². The van der Waals surface area contributed by atoms with Gasteiger partial charge in [-0.15, -0.1) is 0 Å². The Kier molecular flexibility index (Phi) is 3.62. The van der Waals surface area contributed by atoms with E-state index < -0.39 is 0 Å². The molecule has 0 unspecified atom stereocenters. The van der Waals surface area contributed by atoms with Crippen molar-refractivity contribution in [2.75, 3.05) is 11.1 Å². The highest BCUT2D eigenvalue weighted by molar-refractivity contribution is 7.19. The van der Waals surface area contributed by atoms with Gasteiger partial charge in [0.05, 0.1) is 5.69 Å². The molecule has 0 saturated carbocycles. The number of hydrogen-bond acceptors (Lipinski definition) is 4. The van der Waals surface area contributed by atoms with E-state index in [1.165, 1.54) is 11.3 Å². The molecule has 4 nitrogen and oxygen atoms in total. The van der Waals surface area contributed by atoms with Crippen molar-refractivity contribution in [1.29, 1.82) is 0 Å². The van der Waals surface area contributed by atoms with Gasteiger partial charge < -0.3 is 5.73 Å². The molecule has 2 rings (SSSR count). The molecule has 0 saturated heterocycles. The first-order valence-corrected chi connectivity index (χ1v) is 6.52. The topological polar surface area (TPSA) is 68.0 Å². The number of hydrogen-bond donors (Lipinski definition) is 2. The number of thiazole rings is 1. The van der Waals surface area contributed by atoms with Crippen LogP contribution in [0.5, 0.6) is 0 Å². The van der Waals surface area contributed by atoms with Gasteiger partial charge >= 0.3 is 0 Å². The van der Waals surface area contributed by atoms with E-state index in [0.29, 0.717) is 15.7 Å². The fourth-order valence-electron chi connectivity index (χ4n) is 1.57. The van der Waals surface area contributed by atoms with Gasteiger partial charge in [0, 0.05) is 5.56 Å². The predicted octanol–water partition coefficient (Wildman–Crippen LogP) is 3.10. The molecule has 0 bridgehead atoms. The third kappa shape index (κ3) is 2.68. The lowest BCUT2D eigenvalue weighted by molar-refractivity contribution is 0.102. The number of nitrogen functional groups attached to an aromatic ring is 1. The Labute approximate surface area is 110 Å². The highest BCUT2D eigenvalue weighted by Gasteiger charge is 2.14. The first kappa shape index (κ1) is 12.6. The lowest BCUT2D eigenvalue weighted by Crippen LogP contribution is -2.11. The summed E-state index contributed by atoms with van der Waals surface area (Å²) in [4.78, 5) is 16.3. The molecule has 2 aromatic rings. The standard InChI is InChI=1S/C13H15N3OS/c1-8(2)10-11(14)18-13(15-10)16-12(17)9-6-4-3-5-7-9/h3-8H,14H2,1-2H3,(H,15,16,17). The van der Waals surface area contributed by atoms with Crippen LogP contribution in [0.2, 0.25) is 0 Å². The van der Waals surface area contributed by atoms with Crippen LogP contribution in [0.1, 0.15) is 35.8 Å². The van der Waals surface area contributed by atoms with E-state index in [4.69, 9.17) is 5.73 Å². The second-order valence-corrected chi connectivity index (χ2v) is 5.27. The maximum absolute atomic E-state index is 11.9. The van der Waals surface area contributed by atoms with Gasteiger partial charge in [-0.3, -0.25) is 10.1 Å². The fraction of sp³-hybridized carbons (Fsp3) is 0.231. The van der Waals surface area contributed by atoms with Crippen LogP contribution >= 0.6 is 11.3 Å². The lowest BCUT2D eigenvalue weighted by Gasteiger charge is -2.01. The molecular formula is C13H15N3OS.